The molecular formula is C10H21BN2O2. The molecular weight excluding hydrogens is 191 g/mol. The van der Waals surface area contributed by atoms with Crippen LogP contribution in [0.25, 0.3) is 0 Å². The minimum absolute atomic E-state index is 0.0284. The van der Waals surface area contributed by atoms with Gasteiger partial charge in [-0.3, -0.25) is 0 Å². The van der Waals surface area contributed by atoms with Crippen molar-refractivity contribution < 1.29 is 9.50 Å². The SMILES string of the molecule is CC.CC1(C)CC(C)(NCB=O)C(=O)N1. The molecule has 2 N–H and O–H groups in total. The maximum absolute atomic E-state index is 11.5. The van der Waals surface area contributed by atoms with Gasteiger partial charge in [0.25, 0.3) is 0 Å². The van der Waals surface area contributed by atoms with Gasteiger partial charge in [-0.05, 0) is 0 Å². The van der Waals surface area contributed by atoms with Crippen molar-refractivity contribution >= 4 is 13.1 Å². The Hall–Kier alpha value is -0.705. The molecule has 0 radical (unpaired) electrons. The van der Waals surface area contributed by atoms with Gasteiger partial charge in [-0.2, -0.15) is 0 Å². The molecule has 1 atom stereocenters. The van der Waals surface area contributed by atoms with E-state index in [2.05, 4.69) is 10.6 Å². The van der Waals surface area contributed by atoms with Crippen LogP contribution in [-0.2, 0) is 9.50 Å². The monoisotopic (exact) mass is 212 g/mol. The summed E-state index contributed by atoms with van der Waals surface area (Å²) in [7, 11) is 0.768. The Morgan fingerprint density at radius 1 is 1.40 bits per heavy atom. The van der Waals surface area contributed by atoms with Gasteiger partial charge in [0.2, 0.25) is 0 Å². The molecule has 0 aliphatic carbocycles. The quantitative estimate of drug-likeness (QED) is 0.676. The van der Waals surface area contributed by atoms with Crippen molar-refractivity contribution in [1.29, 1.82) is 0 Å². The summed E-state index contributed by atoms with van der Waals surface area (Å²) in [5.74, 6) is -0.0284. The molecule has 1 amide bonds. The maximum atomic E-state index is 11.5. The molecule has 0 spiro atoms. The van der Waals surface area contributed by atoms with Gasteiger partial charge in [-0.25, -0.2) is 0 Å². The van der Waals surface area contributed by atoms with E-state index in [1.165, 1.54) is 0 Å². The van der Waals surface area contributed by atoms with Gasteiger partial charge >= 0.3 is 77.9 Å². The van der Waals surface area contributed by atoms with Gasteiger partial charge in [0.1, 0.15) is 0 Å². The van der Waals surface area contributed by atoms with Crippen molar-refractivity contribution in [3.05, 3.63) is 0 Å². The molecule has 1 fully saturated rings. The number of hydrogen-bond acceptors (Lipinski definition) is 3. The summed E-state index contributed by atoms with van der Waals surface area (Å²) in [5.41, 5.74) is -0.772. The topological polar surface area (TPSA) is 58.2 Å². The van der Waals surface area contributed by atoms with Gasteiger partial charge in [0.15, 0.2) is 0 Å². The van der Waals surface area contributed by atoms with Gasteiger partial charge in [-0.1, -0.05) is 13.8 Å². The number of amides is 1. The Balaban J connectivity index is 0.000000921. The van der Waals surface area contributed by atoms with E-state index in [0.717, 1.165) is 7.15 Å². The minimum atomic E-state index is -0.593. The van der Waals surface area contributed by atoms with E-state index in [-0.39, 0.29) is 17.9 Å². The average Bonchev–Trinajstić information content (AvgIpc) is 2.36. The Morgan fingerprint density at radius 3 is 2.27 bits per heavy atom. The van der Waals surface area contributed by atoms with Crippen LogP contribution < -0.4 is 10.6 Å². The third-order valence-corrected chi connectivity index (χ3v) is 2.32. The van der Waals surface area contributed by atoms with Crippen LogP contribution in [0.3, 0.4) is 0 Å². The fourth-order valence-electron chi connectivity index (χ4n) is 1.86. The average molecular weight is 212 g/mol. The van der Waals surface area contributed by atoms with E-state index < -0.39 is 5.54 Å². The second kappa shape index (κ2) is 5.40. The zero-order chi connectivity index (χ0) is 12.1. The fraction of sp³-hybridized carbons (Fsp3) is 0.900. The van der Waals surface area contributed by atoms with E-state index in [0.29, 0.717) is 6.42 Å². The second-order valence-corrected chi connectivity index (χ2v) is 4.39. The van der Waals surface area contributed by atoms with Crippen molar-refractivity contribution in [2.75, 3.05) is 6.44 Å². The van der Waals surface area contributed by atoms with Crippen molar-refractivity contribution in [3.8, 4) is 0 Å². The third kappa shape index (κ3) is 3.74. The first-order valence-electron chi connectivity index (χ1n) is 5.41. The third-order valence-electron chi connectivity index (χ3n) is 2.32. The van der Waals surface area contributed by atoms with E-state index >= 15 is 0 Å². The van der Waals surface area contributed by atoms with Crippen molar-refractivity contribution in [1.82, 2.24) is 10.6 Å². The molecule has 1 unspecified atom stereocenters. The molecule has 1 heterocycles. The van der Waals surface area contributed by atoms with Gasteiger partial charge in [0, 0.05) is 0 Å². The molecule has 0 aromatic rings. The van der Waals surface area contributed by atoms with Crippen molar-refractivity contribution in [2.45, 2.75) is 52.1 Å². The summed E-state index contributed by atoms with van der Waals surface area (Å²) < 4.78 is 10.2. The summed E-state index contributed by atoms with van der Waals surface area (Å²) in [6, 6.07) is 0. The Kier molecular flexibility index (Phi) is 5.14. The summed E-state index contributed by atoms with van der Waals surface area (Å²) in [4.78, 5) is 11.5. The molecule has 0 saturated carbocycles. The van der Waals surface area contributed by atoms with Crippen LogP contribution in [-0.4, -0.2) is 30.6 Å². The summed E-state index contributed by atoms with van der Waals surface area (Å²) in [5, 5.41) is 5.81. The van der Waals surface area contributed by atoms with Gasteiger partial charge in [-0.15, -0.1) is 0 Å². The van der Waals surface area contributed by atoms with Crippen LogP contribution in [0.1, 0.15) is 41.0 Å². The molecule has 5 heteroatoms. The first-order valence-corrected chi connectivity index (χ1v) is 5.41. The summed E-state index contributed by atoms with van der Waals surface area (Å²) >= 11 is 0. The molecule has 1 aliphatic rings. The van der Waals surface area contributed by atoms with E-state index in [9.17, 15) is 9.50 Å². The number of hydrogen-bond donors (Lipinski definition) is 2. The first-order chi connectivity index (χ1) is 6.90. The molecule has 86 valence electrons. The van der Waals surface area contributed by atoms with Crippen LogP contribution >= 0.6 is 0 Å². The number of nitrogens with one attached hydrogen (secondary N) is 2. The summed E-state index contributed by atoms with van der Waals surface area (Å²) in [6.07, 6.45) is 0.923. The Bertz CT molecular complexity index is 244. The first kappa shape index (κ1) is 14.3. The molecule has 0 bridgehead atoms. The van der Waals surface area contributed by atoms with Crippen LogP contribution in [0.2, 0.25) is 0 Å². The van der Waals surface area contributed by atoms with E-state index in [1.807, 2.05) is 34.6 Å². The molecule has 1 aliphatic heterocycles. The standard InChI is InChI=1S/C8H15BN2O2.C2H6/c1-7(2)4-8(3,6(12)11-7)10-5-9-13;1-2/h10H,4-5H2,1-3H3,(H,11,12);1-2H3. The Labute approximate surface area is 92.4 Å². The zero-order valence-corrected chi connectivity index (χ0v) is 10.3. The molecule has 1 saturated heterocycles. The van der Waals surface area contributed by atoms with Crippen molar-refractivity contribution in [2.24, 2.45) is 0 Å². The van der Waals surface area contributed by atoms with E-state index in [4.69, 9.17) is 0 Å². The van der Waals surface area contributed by atoms with Crippen LogP contribution in [0.5, 0.6) is 0 Å². The predicted octanol–water partition coefficient (Wildman–Crippen LogP) is 0.667. The molecule has 4 nitrogen and oxygen atoms in total. The second-order valence-electron chi connectivity index (χ2n) is 4.39. The van der Waals surface area contributed by atoms with E-state index in [1.54, 1.807) is 0 Å². The Morgan fingerprint density at radius 2 is 1.93 bits per heavy atom. The van der Waals surface area contributed by atoms with Crippen LogP contribution in [0.4, 0.5) is 0 Å². The molecule has 1 rings (SSSR count). The fourth-order valence-corrected chi connectivity index (χ4v) is 1.86. The van der Waals surface area contributed by atoms with Crippen LogP contribution in [0.15, 0.2) is 0 Å². The normalized spacial score (nSPS) is 27.4. The molecule has 0 aromatic carbocycles. The van der Waals surface area contributed by atoms with Gasteiger partial charge < -0.3 is 0 Å². The summed E-state index contributed by atoms with van der Waals surface area (Å²) in [6.45, 7) is 9.76. The predicted molar refractivity (Wildman–Crippen MR) is 61.0 cm³/mol. The zero-order valence-electron chi connectivity index (χ0n) is 10.3. The number of carbonyl (C=O) groups excluding carboxylic acids is 1. The number of rotatable bonds is 3. The van der Waals surface area contributed by atoms with Gasteiger partial charge in [0.05, 0.1) is 0 Å². The van der Waals surface area contributed by atoms with Crippen LogP contribution in [0, 0.1) is 0 Å². The molecule has 15 heavy (non-hydrogen) atoms. The van der Waals surface area contributed by atoms with Crippen molar-refractivity contribution in [3.63, 3.8) is 0 Å². The number of carbonyl (C=O) groups is 1. The molecule has 0 aromatic heterocycles.